The summed E-state index contributed by atoms with van der Waals surface area (Å²) >= 11 is 0. The summed E-state index contributed by atoms with van der Waals surface area (Å²) in [4.78, 5) is 23.3. The number of hydrogen-bond acceptors (Lipinski definition) is 3. The monoisotopic (exact) mass is 326 g/mol. The van der Waals surface area contributed by atoms with E-state index >= 15 is 0 Å². The van der Waals surface area contributed by atoms with Crippen molar-refractivity contribution in [1.82, 2.24) is 10.6 Å². The lowest BCUT2D eigenvalue weighted by atomic mass is 10.1. The summed E-state index contributed by atoms with van der Waals surface area (Å²) in [5.41, 5.74) is 2.74. The molecule has 0 aliphatic carbocycles. The molecule has 0 fully saturated rings. The van der Waals surface area contributed by atoms with Gasteiger partial charge in [-0.25, -0.2) is 0 Å². The minimum absolute atomic E-state index is 0.0260. The highest BCUT2D eigenvalue weighted by Crippen LogP contribution is 2.12. The highest BCUT2D eigenvalue weighted by Gasteiger charge is 2.05. The number of carbonyl (C=O) groups excluding carboxylic acids is 2. The Morgan fingerprint density at radius 3 is 2.17 bits per heavy atom. The highest BCUT2D eigenvalue weighted by atomic mass is 16.5. The standard InChI is InChI=1S/C19H22N2O3/c1-3-14-6-10-17(11-7-14)24-13-18(22)21-12-15-4-8-16(9-5-15)19(23)20-2/h4-11H,3,12-13H2,1-2H3,(H,20,23)(H,21,22). The molecule has 0 spiro atoms. The van der Waals surface area contributed by atoms with Crippen LogP contribution in [0.15, 0.2) is 48.5 Å². The van der Waals surface area contributed by atoms with E-state index in [2.05, 4.69) is 17.6 Å². The van der Waals surface area contributed by atoms with E-state index < -0.39 is 0 Å². The zero-order chi connectivity index (χ0) is 17.4. The fourth-order valence-electron chi connectivity index (χ4n) is 2.14. The minimum atomic E-state index is -0.190. The molecule has 5 heteroatoms. The van der Waals surface area contributed by atoms with Crippen LogP contribution in [0.25, 0.3) is 0 Å². The van der Waals surface area contributed by atoms with Gasteiger partial charge in [0.1, 0.15) is 5.75 Å². The minimum Gasteiger partial charge on any atom is -0.484 e. The Bertz CT molecular complexity index is 679. The molecule has 0 aromatic heterocycles. The summed E-state index contributed by atoms with van der Waals surface area (Å²) < 4.78 is 5.46. The van der Waals surface area contributed by atoms with E-state index in [0.29, 0.717) is 17.9 Å². The molecule has 0 saturated carbocycles. The number of ether oxygens (including phenoxy) is 1. The van der Waals surface area contributed by atoms with Gasteiger partial charge in [0.2, 0.25) is 0 Å². The van der Waals surface area contributed by atoms with Crippen LogP contribution in [0, 0.1) is 0 Å². The summed E-state index contributed by atoms with van der Waals surface area (Å²) in [7, 11) is 1.59. The van der Waals surface area contributed by atoms with Gasteiger partial charge < -0.3 is 15.4 Å². The van der Waals surface area contributed by atoms with E-state index in [1.165, 1.54) is 5.56 Å². The molecule has 0 atom stereocenters. The van der Waals surface area contributed by atoms with E-state index in [0.717, 1.165) is 12.0 Å². The van der Waals surface area contributed by atoms with Crippen LogP contribution in [0.4, 0.5) is 0 Å². The van der Waals surface area contributed by atoms with Crippen molar-refractivity contribution in [3.05, 3.63) is 65.2 Å². The number of rotatable bonds is 7. The van der Waals surface area contributed by atoms with Crippen LogP contribution >= 0.6 is 0 Å². The number of nitrogens with one attached hydrogen (secondary N) is 2. The molecule has 0 radical (unpaired) electrons. The molecular weight excluding hydrogens is 304 g/mol. The molecule has 0 aliphatic rings. The molecule has 0 bridgehead atoms. The maximum absolute atomic E-state index is 11.8. The molecular formula is C19H22N2O3. The third-order valence-electron chi connectivity index (χ3n) is 3.63. The van der Waals surface area contributed by atoms with Crippen molar-refractivity contribution in [2.75, 3.05) is 13.7 Å². The van der Waals surface area contributed by atoms with Gasteiger partial charge >= 0.3 is 0 Å². The Hall–Kier alpha value is -2.82. The maximum atomic E-state index is 11.8. The summed E-state index contributed by atoms with van der Waals surface area (Å²) in [6, 6.07) is 14.8. The van der Waals surface area contributed by atoms with Gasteiger partial charge in [-0.05, 0) is 41.8 Å². The lowest BCUT2D eigenvalue weighted by Gasteiger charge is -2.08. The van der Waals surface area contributed by atoms with Crippen LogP contribution in [0.5, 0.6) is 5.75 Å². The molecule has 2 aromatic carbocycles. The average molecular weight is 326 g/mol. The van der Waals surface area contributed by atoms with Gasteiger partial charge in [0.25, 0.3) is 11.8 Å². The molecule has 2 aromatic rings. The van der Waals surface area contributed by atoms with Crippen LogP contribution in [-0.4, -0.2) is 25.5 Å². The van der Waals surface area contributed by atoms with E-state index in [4.69, 9.17) is 4.74 Å². The number of benzene rings is 2. The normalized spacial score (nSPS) is 10.1. The predicted molar refractivity (Wildman–Crippen MR) is 93.0 cm³/mol. The van der Waals surface area contributed by atoms with Crippen LogP contribution < -0.4 is 15.4 Å². The topological polar surface area (TPSA) is 67.4 Å². The van der Waals surface area contributed by atoms with Gasteiger partial charge in [-0.3, -0.25) is 9.59 Å². The van der Waals surface area contributed by atoms with E-state index in [-0.39, 0.29) is 18.4 Å². The molecule has 2 rings (SSSR count). The second kappa shape index (κ2) is 8.72. The van der Waals surface area contributed by atoms with E-state index in [1.54, 1.807) is 19.2 Å². The Morgan fingerprint density at radius 2 is 1.58 bits per heavy atom. The number of aryl methyl sites for hydroxylation is 1. The number of amides is 2. The zero-order valence-electron chi connectivity index (χ0n) is 14.0. The van der Waals surface area contributed by atoms with Crippen LogP contribution in [-0.2, 0) is 17.8 Å². The van der Waals surface area contributed by atoms with Crippen molar-refractivity contribution in [3.63, 3.8) is 0 Å². The van der Waals surface area contributed by atoms with Crippen LogP contribution in [0.3, 0.4) is 0 Å². The van der Waals surface area contributed by atoms with Crippen molar-refractivity contribution in [3.8, 4) is 5.75 Å². The van der Waals surface area contributed by atoms with Crippen molar-refractivity contribution in [2.45, 2.75) is 19.9 Å². The molecule has 0 saturated heterocycles. The quantitative estimate of drug-likeness (QED) is 0.820. The van der Waals surface area contributed by atoms with E-state index in [9.17, 15) is 9.59 Å². The number of hydrogen-bond donors (Lipinski definition) is 2. The first-order chi connectivity index (χ1) is 11.6. The van der Waals surface area contributed by atoms with Gasteiger partial charge in [0.15, 0.2) is 6.61 Å². The van der Waals surface area contributed by atoms with Crippen molar-refractivity contribution >= 4 is 11.8 Å². The summed E-state index contributed by atoms with van der Waals surface area (Å²) in [5.74, 6) is 0.357. The first kappa shape index (κ1) is 17.5. The third kappa shape index (κ3) is 5.12. The number of carbonyl (C=O) groups is 2. The van der Waals surface area contributed by atoms with Crippen molar-refractivity contribution in [1.29, 1.82) is 0 Å². The maximum Gasteiger partial charge on any atom is 0.258 e. The van der Waals surface area contributed by atoms with Gasteiger partial charge in [-0.15, -0.1) is 0 Å². The van der Waals surface area contributed by atoms with Crippen LogP contribution in [0.1, 0.15) is 28.4 Å². The largest absolute Gasteiger partial charge is 0.484 e. The molecule has 5 nitrogen and oxygen atoms in total. The highest BCUT2D eigenvalue weighted by molar-refractivity contribution is 5.93. The molecule has 0 heterocycles. The van der Waals surface area contributed by atoms with Crippen LogP contribution in [0.2, 0.25) is 0 Å². The molecule has 2 amide bonds. The second-order valence-corrected chi connectivity index (χ2v) is 5.34. The second-order valence-electron chi connectivity index (χ2n) is 5.34. The van der Waals surface area contributed by atoms with E-state index in [1.807, 2.05) is 36.4 Å². The molecule has 24 heavy (non-hydrogen) atoms. The van der Waals surface area contributed by atoms with Gasteiger partial charge in [0.05, 0.1) is 0 Å². The molecule has 126 valence electrons. The van der Waals surface area contributed by atoms with Crippen molar-refractivity contribution < 1.29 is 14.3 Å². The Kier molecular flexibility index (Phi) is 6.37. The fraction of sp³-hybridized carbons (Fsp3) is 0.263. The van der Waals surface area contributed by atoms with Gasteiger partial charge in [-0.2, -0.15) is 0 Å². The smallest absolute Gasteiger partial charge is 0.258 e. The lowest BCUT2D eigenvalue weighted by molar-refractivity contribution is -0.123. The first-order valence-electron chi connectivity index (χ1n) is 7.92. The zero-order valence-corrected chi connectivity index (χ0v) is 14.0. The fourth-order valence-corrected chi connectivity index (χ4v) is 2.14. The SMILES string of the molecule is CCc1ccc(OCC(=O)NCc2ccc(C(=O)NC)cc2)cc1. The Balaban J connectivity index is 1.77. The molecule has 2 N–H and O–H groups in total. The Morgan fingerprint density at radius 1 is 0.958 bits per heavy atom. The predicted octanol–water partition coefficient (Wildman–Crippen LogP) is 2.30. The van der Waals surface area contributed by atoms with Gasteiger partial charge in [-0.1, -0.05) is 31.2 Å². The third-order valence-corrected chi connectivity index (χ3v) is 3.63. The molecule has 0 unspecified atom stereocenters. The Labute approximate surface area is 142 Å². The van der Waals surface area contributed by atoms with Gasteiger partial charge in [0, 0.05) is 19.2 Å². The average Bonchev–Trinajstić information content (AvgIpc) is 2.64. The molecule has 0 aliphatic heterocycles. The first-order valence-corrected chi connectivity index (χ1v) is 7.92. The summed E-state index contributed by atoms with van der Waals surface area (Å²) in [5, 5.41) is 5.36. The summed E-state index contributed by atoms with van der Waals surface area (Å²) in [6.45, 7) is 2.46. The summed E-state index contributed by atoms with van der Waals surface area (Å²) in [6.07, 6.45) is 0.972. The lowest BCUT2D eigenvalue weighted by Crippen LogP contribution is -2.28. The van der Waals surface area contributed by atoms with Crippen molar-refractivity contribution in [2.24, 2.45) is 0 Å².